The van der Waals surface area contributed by atoms with Crippen molar-refractivity contribution >= 4 is 5.96 Å². The number of aryl methyl sites for hydroxylation is 2. The molecule has 2 aliphatic carbocycles. The summed E-state index contributed by atoms with van der Waals surface area (Å²) in [6, 6.07) is 0.489. The van der Waals surface area contributed by atoms with Crippen LogP contribution in [0.25, 0.3) is 0 Å². The SMILES string of the molecule is CN=C(NCc1nc(C)c(C)o1)NC1C2CCOC2C12CCC2. The lowest BCUT2D eigenvalue weighted by Gasteiger charge is -2.63. The van der Waals surface area contributed by atoms with E-state index < -0.39 is 0 Å². The summed E-state index contributed by atoms with van der Waals surface area (Å²) in [5.74, 6) is 3.06. The molecule has 1 saturated heterocycles. The number of nitrogens with one attached hydrogen (secondary N) is 2. The van der Waals surface area contributed by atoms with Crippen molar-refractivity contribution in [2.75, 3.05) is 13.7 Å². The zero-order valence-corrected chi connectivity index (χ0v) is 14.2. The molecule has 0 bridgehead atoms. The molecule has 0 aromatic carbocycles. The van der Waals surface area contributed by atoms with Crippen LogP contribution in [-0.2, 0) is 11.3 Å². The molecule has 126 valence electrons. The molecule has 6 heteroatoms. The minimum atomic E-state index is 0.356. The van der Waals surface area contributed by atoms with Gasteiger partial charge in [-0.15, -0.1) is 0 Å². The highest BCUT2D eigenvalue weighted by atomic mass is 16.5. The Morgan fingerprint density at radius 2 is 2.22 bits per heavy atom. The van der Waals surface area contributed by atoms with Crippen LogP contribution in [0.4, 0.5) is 0 Å². The van der Waals surface area contributed by atoms with Crippen LogP contribution in [0, 0.1) is 25.2 Å². The van der Waals surface area contributed by atoms with Crippen LogP contribution in [0.1, 0.15) is 43.0 Å². The highest BCUT2D eigenvalue weighted by Crippen LogP contribution is 2.62. The van der Waals surface area contributed by atoms with Crippen LogP contribution in [-0.4, -0.2) is 36.7 Å². The van der Waals surface area contributed by atoms with E-state index in [-0.39, 0.29) is 0 Å². The standard InChI is InChI=1S/C17H26N4O2/c1-10-11(2)23-13(20-10)9-19-16(18-3)21-14-12-5-8-22-15(12)17(14)6-4-7-17/h12,14-15H,4-9H2,1-3H3,(H2,18,19,21). The van der Waals surface area contributed by atoms with Crippen LogP contribution in [0.5, 0.6) is 0 Å². The van der Waals surface area contributed by atoms with Crippen LogP contribution in [0.3, 0.4) is 0 Å². The monoisotopic (exact) mass is 318 g/mol. The molecule has 1 aromatic heterocycles. The summed E-state index contributed by atoms with van der Waals surface area (Å²) in [5, 5.41) is 6.98. The van der Waals surface area contributed by atoms with Gasteiger partial charge in [0, 0.05) is 31.0 Å². The van der Waals surface area contributed by atoms with Gasteiger partial charge in [0.25, 0.3) is 0 Å². The summed E-state index contributed by atoms with van der Waals surface area (Å²) in [7, 11) is 1.82. The molecule has 1 aromatic rings. The van der Waals surface area contributed by atoms with E-state index in [1.54, 1.807) is 0 Å². The fraction of sp³-hybridized carbons (Fsp3) is 0.765. The van der Waals surface area contributed by atoms with Crippen molar-refractivity contribution in [2.24, 2.45) is 16.3 Å². The van der Waals surface area contributed by atoms with E-state index in [0.717, 1.165) is 24.0 Å². The Hall–Kier alpha value is -1.56. The maximum Gasteiger partial charge on any atom is 0.214 e. The largest absolute Gasteiger partial charge is 0.444 e. The van der Waals surface area contributed by atoms with Gasteiger partial charge >= 0.3 is 0 Å². The van der Waals surface area contributed by atoms with Crippen molar-refractivity contribution in [3.05, 3.63) is 17.3 Å². The molecule has 6 nitrogen and oxygen atoms in total. The third-order valence-electron chi connectivity index (χ3n) is 6.03. The van der Waals surface area contributed by atoms with Gasteiger partial charge in [-0.25, -0.2) is 4.98 Å². The number of ether oxygens (including phenoxy) is 1. The number of oxazole rings is 1. The Bertz CT molecular complexity index is 601. The molecule has 0 amide bonds. The van der Waals surface area contributed by atoms with Gasteiger partial charge in [-0.3, -0.25) is 4.99 Å². The third-order valence-corrected chi connectivity index (χ3v) is 6.03. The average Bonchev–Trinajstić information content (AvgIpc) is 3.03. The first-order valence-corrected chi connectivity index (χ1v) is 8.66. The molecule has 1 spiro atoms. The van der Waals surface area contributed by atoms with Gasteiger partial charge in [-0.2, -0.15) is 0 Å². The second kappa shape index (κ2) is 5.51. The van der Waals surface area contributed by atoms with E-state index in [1.165, 1.54) is 25.7 Å². The fourth-order valence-corrected chi connectivity index (χ4v) is 4.57. The number of aliphatic imine (C=N–C) groups is 1. The predicted molar refractivity (Wildman–Crippen MR) is 87.2 cm³/mol. The van der Waals surface area contributed by atoms with Crippen molar-refractivity contribution in [3.8, 4) is 0 Å². The van der Waals surface area contributed by atoms with Gasteiger partial charge in [0.15, 0.2) is 5.96 Å². The Kier molecular flexibility index (Phi) is 3.59. The lowest BCUT2D eigenvalue weighted by molar-refractivity contribution is -0.171. The molecule has 3 atom stereocenters. The molecule has 2 saturated carbocycles. The second-order valence-corrected chi connectivity index (χ2v) is 7.13. The molecule has 2 heterocycles. The van der Waals surface area contributed by atoms with Crippen molar-refractivity contribution < 1.29 is 9.15 Å². The number of fused-ring (bicyclic) bond motifs is 2. The summed E-state index contributed by atoms with van der Waals surface area (Å²) in [6.07, 6.45) is 5.52. The normalized spacial score (nSPS) is 31.4. The first kappa shape index (κ1) is 15.0. The van der Waals surface area contributed by atoms with Gasteiger partial charge in [0.05, 0.1) is 18.3 Å². The number of rotatable bonds is 3. The van der Waals surface area contributed by atoms with Crippen molar-refractivity contribution in [3.63, 3.8) is 0 Å². The first-order valence-electron chi connectivity index (χ1n) is 8.66. The summed E-state index contributed by atoms with van der Waals surface area (Å²) in [5.41, 5.74) is 1.30. The summed E-state index contributed by atoms with van der Waals surface area (Å²) < 4.78 is 11.6. The number of hydrogen-bond donors (Lipinski definition) is 2. The number of hydrogen-bond acceptors (Lipinski definition) is 4. The second-order valence-electron chi connectivity index (χ2n) is 7.13. The minimum absolute atomic E-state index is 0.356. The summed E-state index contributed by atoms with van der Waals surface area (Å²) >= 11 is 0. The van der Waals surface area contributed by atoms with Crippen LogP contribution in [0.2, 0.25) is 0 Å². The molecule has 3 fully saturated rings. The number of guanidine groups is 1. The topological polar surface area (TPSA) is 71.7 Å². The first-order chi connectivity index (χ1) is 11.1. The maximum atomic E-state index is 5.98. The van der Waals surface area contributed by atoms with E-state index >= 15 is 0 Å². The van der Waals surface area contributed by atoms with E-state index in [2.05, 4.69) is 20.6 Å². The van der Waals surface area contributed by atoms with Crippen molar-refractivity contribution in [2.45, 2.75) is 58.2 Å². The van der Waals surface area contributed by atoms with Gasteiger partial charge in [0.1, 0.15) is 5.76 Å². The Morgan fingerprint density at radius 3 is 2.83 bits per heavy atom. The molecule has 2 N–H and O–H groups in total. The van der Waals surface area contributed by atoms with Crippen LogP contribution < -0.4 is 10.6 Å². The molecule has 1 aliphatic heterocycles. The molecule has 3 unspecified atom stereocenters. The molecule has 4 rings (SSSR count). The Balaban J connectivity index is 1.38. The van der Waals surface area contributed by atoms with E-state index in [0.29, 0.717) is 35.9 Å². The quantitative estimate of drug-likeness (QED) is 0.658. The fourth-order valence-electron chi connectivity index (χ4n) is 4.57. The lowest BCUT2D eigenvalue weighted by Crippen LogP contribution is -2.72. The zero-order valence-electron chi connectivity index (χ0n) is 14.2. The van der Waals surface area contributed by atoms with Gasteiger partial charge in [-0.05, 0) is 33.1 Å². The highest BCUT2D eigenvalue weighted by molar-refractivity contribution is 5.80. The Labute approximate surface area is 137 Å². The van der Waals surface area contributed by atoms with Gasteiger partial charge in [0.2, 0.25) is 5.89 Å². The predicted octanol–water partition coefficient (Wildman–Crippen LogP) is 1.91. The van der Waals surface area contributed by atoms with Gasteiger partial charge in [-0.1, -0.05) is 6.42 Å². The minimum Gasteiger partial charge on any atom is -0.444 e. The molecule has 3 aliphatic rings. The van der Waals surface area contributed by atoms with Crippen LogP contribution >= 0.6 is 0 Å². The smallest absolute Gasteiger partial charge is 0.214 e. The van der Waals surface area contributed by atoms with E-state index in [1.807, 2.05) is 20.9 Å². The van der Waals surface area contributed by atoms with E-state index in [4.69, 9.17) is 9.15 Å². The molecule has 23 heavy (non-hydrogen) atoms. The molecular weight excluding hydrogens is 292 g/mol. The van der Waals surface area contributed by atoms with E-state index in [9.17, 15) is 0 Å². The molecule has 0 radical (unpaired) electrons. The van der Waals surface area contributed by atoms with Crippen LogP contribution in [0.15, 0.2) is 9.41 Å². The average molecular weight is 318 g/mol. The summed E-state index contributed by atoms with van der Waals surface area (Å²) in [6.45, 7) is 5.37. The third kappa shape index (κ3) is 2.26. The highest BCUT2D eigenvalue weighted by Gasteiger charge is 2.66. The Morgan fingerprint density at radius 1 is 1.39 bits per heavy atom. The lowest BCUT2D eigenvalue weighted by atomic mass is 9.46. The van der Waals surface area contributed by atoms with Crippen molar-refractivity contribution in [1.82, 2.24) is 15.6 Å². The zero-order chi connectivity index (χ0) is 16.0. The molecular formula is C17H26N4O2. The number of nitrogens with zero attached hydrogens (tertiary/aromatic N) is 2. The van der Waals surface area contributed by atoms with Gasteiger partial charge < -0.3 is 19.8 Å². The number of aromatic nitrogens is 1. The summed E-state index contributed by atoms with van der Waals surface area (Å²) in [4.78, 5) is 8.78. The maximum absolute atomic E-state index is 5.98. The van der Waals surface area contributed by atoms with Crippen molar-refractivity contribution in [1.29, 1.82) is 0 Å².